The normalized spacial score (nSPS) is 11.7. The molecule has 0 aromatic heterocycles. The third-order valence-corrected chi connectivity index (χ3v) is 4.79. The molecule has 0 aliphatic rings. The van der Waals surface area contributed by atoms with Crippen LogP contribution in [-0.2, 0) is 29.1 Å². The molecule has 0 heterocycles. The first-order valence-corrected chi connectivity index (χ1v) is 9.72. The van der Waals surface area contributed by atoms with Crippen LogP contribution >= 0.6 is 15.9 Å². The summed E-state index contributed by atoms with van der Waals surface area (Å²) in [7, 11) is 0. The highest BCUT2D eigenvalue weighted by Crippen LogP contribution is 2.13. The van der Waals surface area contributed by atoms with E-state index in [9.17, 15) is 4.79 Å². The quantitative estimate of drug-likeness (QED) is 0.523. The van der Waals surface area contributed by atoms with Crippen LogP contribution in [0, 0.1) is 0 Å². The molecule has 0 saturated carbocycles. The van der Waals surface area contributed by atoms with Crippen LogP contribution in [0.1, 0.15) is 16.7 Å². The molecule has 27 heavy (non-hydrogen) atoms. The fourth-order valence-corrected chi connectivity index (χ4v) is 3.03. The zero-order chi connectivity index (χ0) is 18.9. The molecular formula is C23H22BrNO2. The molecule has 0 amide bonds. The number of hydrogen-bond acceptors (Lipinski definition) is 3. The average Bonchev–Trinajstić information content (AvgIpc) is 2.72. The fraction of sp³-hybridized carbons (Fsp3) is 0.174. The molecule has 3 aromatic rings. The Morgan fingerprint density at radius 3 is 2.04 bits per heavy atom. The fourth-order valence-electron chi connectivity index (χ4n) is 2.76. The van der Waals surface area contributed by atoms with Crippen LogP contribution in [0.5, 0.6) is 0 Å². The minimum atomic E-state index is -0.407. The number of hydrogen-bond donors (Lipinski definition) is 1. The van der Waals surface area contributed by atoms with Crippen molar-refractivity contribution >= 4 is 21.9 Å². The number of ether oxygens (including phenoxy) is 1. The lowest BCUT2D eigenvalue weighted by atomic mass is 10.1. The van der Waals surface area contributed by atoms with Crippen molar-refractivity contribution in [3.05, 3.63) is 106 Å². The monoisotopic (exact) mass is 423 g/mol. The summed E-state index contributed by atoms with van der Waals surface area (Å²) < 4.78 is 6.58. The molecule has 0 unspecified atom stereocenters. The Labute approximate surface area is 168 Å². The maximum atomic E-state index is 12.7. The zero-order valence-corrected chi connectivity index (χ0v) is 16.6. The molecule has 3 rings (SSSR count). The van der Waals surface area contributed by atoms with Gasteiger partial charge in [0.25, 0.3) is 0 Å². The highest BCUT2D eigenvalue weighted by atomic mass is 79.9. The molecule has 0 saturated heterocycles. The first-order chi connectivity index (χ1) is 13.2. The number of halogens is 1. The van der Waals surface area contributed by atoms with Gasteiger partial charge in [-0.25, -0.2) is 0 Å². The summed E-state index contributed by atoms with van der Waals surface area (Å²) in [5.74, 6) is -0.238. The average molecular weight is 424 g/mol. The summed E-state index contributed by atoms with van der Waals surface area (Å²) in [6.07, 6.45) is 0.577. The van der Waals surface area contributed by atoms with E-state index in [0.717, 1.165) is 21.2 Å². The maximum absolute atomic E-state index is 12.7. The summed E-state index contributed by atoms with van der Waals surface area (Å²) in [5.41, 5.74) is 3.20. The van der Waals surface area contributed by atoms with Gasteiger partial charge in [-0.2, -0.15) is 0 Å². The van der Waals surface area contributed by atoms with E-state index in [1.165, 1.54) is 0 Å². The topological polar surface area (TPSA) is 38.3 Å². The Balaban J connectivity index is 1.65. The number of benzene rings is 3. The molecule has 1 atom stereocenters. The van der Waals surface area contributed by atoms with Crippen molar-refractivity contribution in [2.75, 3.05) is 0 Å². The van der Waals surface area contributed by atoms with Crippen LogP contribution in [0.15, 0.2) is 89.4 Å². The molecule has 1 N–H and O–H groups in total. The molecule has 0 radical (unpaired) electrons. The highest BCUT2D eigenvalue weighted by Gasteiger charge is 2.20. The maximum Gasteiger partial charge on any atom is 0.323 e. The highest BCUT2D eigenvalue weighted by molar-refractivity contribution is 9.10. The Bertz CT molecular complexity index is 835. The van der Waals surface area contributed by atoms with E-state index in [4.69, 9.17) is 4.74 Å². The summed E-state index contributed by atoms with van der Waals surface area (Å²) in [4.78, 5) is 12.7. The van der Waals surface area contributed by atoms with Crippen molar-refractivity contribution < 1.29 is 9.53 Å². The second-order valence-corrected chi connectivity index (χ2v) is 7.26. The van der Waals surface area contributed by atoms with Crippen molar-refractivity contribution in [2.45, 2.75) is 25.6 Å². The first-order valence-electron chi connectivity index (χ1n) is 8.93. The lowest BCUT2D eigenvalue weighted by Gasteiger charge is -2.18. The Hall–Kier alpha value is -2.43. The Morgan fingerprint density at radius 1 is 0.815 bits per heavy atom. The number of nitrogens with one attached hydrogen (secondary N) is 1. The van der Waals surface area contributed by atoms with Gasteiger partial charge in [0.2, 0.25) is 0 Å². The van der Waals surface area contributed by atoms with E-state index in [-0.39, 0.29) is 12.6 Å². The molecule has 0 fully saturated rings. The van der Waals surface area contributed by atoms with Gasteiger partial charge in [0, 0.05) is 11.0 Å². The van der Waals surface area contributed by atoms with Crippen LogP contribution < -0.4 is 5.32 Å². The third kappa shape index (κ3) is 6.35. The van der Waals surface area contributed by atoms with Gasteiger partial charge in [-0.3, -0.25) is 4.79 Å². The van der Waals surface area contributed by atoms with Gasteiger partial charge in [0.15, 0.2) is 0 Å². The van der Waals surface area contributed by atoms with E-state index in [0.29, 0.717) is 13.0 Å². The molecule has 0 bridgehead atoms. The van der Waals surface area contributed by atoms with Crippen molar-refractivity contribution in [1.29, 1.82) is 0 Å². The van der Waals surface area contributed by atoms with Crippen LogP contribution in [-0.4, -0.2) is 12.0 Å². The Kier molecular flexibility index (Phi) is 7.19. The minimum Gasteiger partial charge on any atom is -0.460 e. The van der Waals surface area contributed by atoms with Crippen LogP contribution in [0.4, 0.5) is 0 Å². The van der Waals surface area contributed by atoms with Gasteiger partial charge < -0.3 is 10.1 Å². The lowest BCUT2D eigenvalue weighted by Crippen LogP contribution is -2.39. The van der Waals surface area contributed by atoms with Crippen molar-refractivity contribution in [3.8, 4) is 0 Å². The van der Waals surface area contributed by atoms with Gasteiger partial charge in [0.05, 0.1) is 0 Å². The van der Waals surface area contributed by atoms with E-state index >= 15 is 0 Å². The van der Waals surface area contributed by atoms with E-state index in [2.05, 4.69) is 21.2 Å². The predicted octanol–water partition coefficient (Wildman–Crippen LogP) is 4.89. The molecule has 3 aromatic carbocycles. The summed E-state index contributed by atoms with van der Waals surface area (Å²) in [6, 6.07) is 27.4. The minimum absolute atomic E-state index is 0.238. The van der Waals surface area contributed by atoms with Gasteiger partial charge in [-0.15, -0.1) is 0 Å². The Morgan fingerprint density at radius 2 is 1.41 bits per heavy atom. The summed E-state index contributed by atoms with van der Waals surface area (Å²) in [5, 5.41) is 3.35. The van der Waals surface area contributed by atoms with Crippen molar-refractivity contribution in [2.24, 2.45) is 0 Å². The van der Waals surface area contributed by atoms with Crippen LogP contribution in [0.3, 0.4) is 0 Å². The van der Waals surface area contributed by atoms with Gasteiger partial charge in [0.1, 0.15) is 12.6 Å². The second-order valence-electron chi connectivity index (χ2n) is 6.34. The first kappa shape index (κ1) is 19.3. The lowest BCUT2D eigenvalue weighted by molar-refractivity contribution is -0.147. The van der Waals surface area contributed by atoms with E-state index in [1.807, 2.05) is 84.9 Å². The molecule has 0 aliphatic heterocycles. The number of carbonyl (C=O) groups is 1. The number of esters is 1. The van der Waals surface area contributed by atoms with Gasteiger partial charge >= 0.3 is 5.97 Å². The predicted molar refractivity (Wildman–Crippen MR) is 111 cm³/mol. The van der Waals surface area contributed by atoms with Crippen molar-refractivity contribution in [1.82, 2.24) is 5.32 Å². The number of carbonyl (C=O) groups excluding carboxylic acids is 1. The molecular weight excluding hydrogens is 402 g/mol. The van der Waals surface area contributed by atoms with Crippen molar-refractivity contribution in [3.63, 3.8) is 0 Å². The molecule has 0 aliphatic carbocycles. The van der Waals surface area contributed by atoms with Gasteiger partial charge in [-0.1, -0.05) is 88.7 Å². The second kappa shape index (κ2) is 10.0. The SMILES string of the molecule is O=C(OCc1ccccc1)[C@H](Cc1ccc(Br)cc1)NCc1ccccc1. The molecule has 138 valence electrons. The largest absolute Gasteiger partial charge is 0.460 e. The van der Waals surface area contributed by atoms with Crippen LogP contribution in [0.2, 0.25) is 0 Å². The van der Waals surface area contributed by atoms with E-state index < -0.39 is 6.04 Å². The molecule has 3 nitrogen and oxygen atoms in total. The summed E-state index contributed by atoms with van der Waals surface area (Å²) in [6.45, 7) is 0.895. The number of rotatable bonds is 8. The zero-order valence-electron chi connectivity index (χ0n) is 15.0. The summed E-state index contributed by atoms with van der Waals surface area (Å²) >= 11 is 3.45. The smallest absolute Gasteiger partial charge is 0.323 e. The van der Waals surface area contributed by atoms with Crippen LogP contribution in [0.25, 0.3) is 0 Å². The van der Waals surface area contributed by atoms with Gasteiger partial charge in [-0.05, 0) is 35.2 Å². The third-order valence-electron chi connectivity index (χ3n) is 4.26. The molecule has 0 spiro atoms. The molecule has 4 heteroatoms. The van der Waals surface area contributed by atoms with E-state index in [1.54, 1.807) is 0 Å². The standard InChI is InChI=1S/C23H22BrNO2/c24-21-13-11-18(12-14-21)15-22(25-16-19-7-3-1-4-8-19)23(26)27-17-20-9-5-2-6-10-20/h1-14,22,25H,15-17H2/t22-/m0/s1.